The van der Waals surface area contributed by atoms with Crippen molar-refractivity contribution < 1.29 is 9.18 Å². The number of anilines is 2. The average Bonchev–Trinajstić information content (AvgIpc) is 3.37. The van der Waals surface area contributed by atoms with E-state index in [4.69, 9.17) is 5.73 Å². The minimum absolute atomic E-state index is 0.107. The lowest BCUT2D eigenvalue weighted by Crippen LogP contribution is -2.28. The number of nitrogens with zero attached hydrogens (tertiary/aromatic N) is 4. The van der Waals surface area contributed by atoms with Gasteiger partial charge >= 0.3 is 0 Å². The van der Waals surface area contributed by atoms with Gasteiger partial charge in [0, 0.05) is 19.3 Å². The zero-order chi connectivity index (χ0) is 21.0. The van der Waals surface area contributed by atoms with Crippen LogP contribution in [0.3, 0.4) is 0 Å². The Hall–Kier alpha value is -2.81. The second-order valence-electron chi connectivity index (χ2n) is 6.56. The number of thiophene rings is 1. The lowest BCUT2D eigenvalue weighted by Gasteiger charge is -2.17. The molecule has 1 saturated heterocycles. The number of nitrogens with one attached hydrogen (secondary N) is 1. The van der Waals surface area contributed by atoms with Gasteiger partial charge in [-0.1, -0.05) is 13.8 Å². The summed E-state index contributed by atoms with van der Waals surface area (Å²) in [6, 6.07) is 2.86. The molecule has 0 aliphatic carbocycles. The number of fused-ring (bicyclic) bond motifs is 1. The van der Waals surface area contributed by atoms with Gasteiger partial charge in [-0.15, -0.1) is 11.3 Å². The van der Waals surface area contributed by atoms with Crippen LogP contribution in [-0.2, 0) is 0 Å². The molecule has 4 heterocycles. The molecule has 9 heteroatoms. The van der Waals surface area contributed by atoms with E-state index >= 15 is 0 Å². The largest absolute Gasteiger partial charge is 0.391 e. The van der Waals surface area contributed by atoms with E-state index in [2.05, 4.69) is 20.3 Å². The summed E-state index contributed by atoms with van der Waals surface area (Å²) in [6.45, 7) is 7.33. The number of rotatable bonds is 4. The first kappa shape index (κ1) is 20.9. The first-order valence-electron chi connectivity index (χ1n) is 9.74. The molecule has 1 aliphatic rings. The van der Waals surface area contributed by atoms with Gasteiger partial charge < -0.3 is 16.0 Å². The summed E-state index contributed by atoms with van der Waals surface area (Å²) in [6.07, 6.45) is 4.74. The quantitative estimate of drug-likeness (QED) is 0.660. The summed E-state index contributed by atoms with van der Waals surface area (Å²) in [7, 11) is 0. The fourth-order valence-corrected chi connectivity index (χ4v) is 4.01. The lowest BCUT2D eigenvalue weighted by molar-refractivity contribution is 0.0789. The van der Waals surface area contributed by atoms with Crippen molar-refractivity contribution in [3.63, 3.8) is 0 Å². The van der Waals surface area contributed by atoms with Crippen molar-refractivity contribution in [2.24, 2.45) is 0 Å². The Labute approximate surface area is 173 Å². The van der Waals surface area contributed by atoms with Gasteiger partial charge in [-0.2, -0.15) is 0 Å². The van der Waals surface area contributed by atoms with Crippen LogP contribution in [0.4, 0.5) is 15.3 Å². The van der Waals surface area contributed by atoms with Crippen molar-refractivity contribution in [3.8, 4) is 0 Å². The molecule has 1 atom stereocenters. The fraction of sp³-hybridized carbons (Fsp3) is 0.400. The van der Waals surface area contributed by atoms with E-state index in [0.717, 1.165) is 32.1 Å². The summed E-state index contributed by atoms with van der Waals surface area (Å²) < 4.78 is 14.1. The molecule has 0 saturated carbocycles. The average molecular weight is 417 g/mol. The van der Waals surface area contributed by atoms with Crippen LogP contribution in [0.15, 0.2) is 24.5 Å². The summed E-state index contributed by atoms with van der Waals surface area (Å²) in [5.41, 5.74) is 7.57. The molecule has 1 unspecified atom stereocenters. The predicted molar refractivity (Wildman–Crippen MR) is 115 cm³/mol. The highest BCUT2D eigenvalue weighted by Gasteiger charge is 2.25. The number of aromatic nitrogens is 3. The zero-order valence-electron chi connectivity index (χ0n) is 16.8. The Morgan fingerprint density at radius 3 is 2.66 bits per heavy atom. The van der Waals surface area contributed by atoms with Gasteiger partial charge in [0.15, 0.2) is 5.69 Å². The summed E-state index contributed by atoms with van der Waals surface area (Å²) in [5, 5.41) is 3.71. The molecule has 1 fully saturated rings. The highest BCUT2D eigenvalue weighted by Crippen LogP contribution is 2.31. The van der Waals surface area contributed by atoms with Crippen molar-refractivity contribution >= 4 is 38.4 Å². The Morgan fingerprint density at radius 1 is 1.24 bits per heavy atom. The molecule has 3 aromatic rings. The van der Waals surface area contributed by atoms with Gasteiger partial charge in [0.05, 0.1) is 27.5 Å². The molecule has 0 radical (unpaired) electrons. The summed E-state index contributed by atoms with van der Waals surface area (Å²) in [5.74, 6) is -0.211. The number of carbonyl (C=O) groups excluding carboxylic acids is 1. The number of nitrogens with two attached hydrogens (primary N) is 1. The maximum atomic E-state index is 13.4. The number of carbonyl (C=O) groups is 1. The first-order valence-corrected chi connectivity index (χ1v) is 10.6. The highest BCUT2D eigenvalue weighted by molar-refractivity contribution is 7.22. The zero-order valence-corrected chi connectivity index (χ0v) is 17.6. The molecule has 1 amide bonds. The maximum absolute atomic E-state index is 13.4. The van der Waals surface area contributed by atoms with E-state index in [1.165, 1.54) is 17.4 Å². The van der Waals surface area contributed by atoms with Crippen LogP contribution in [-0.4, -0.2) is 38.8 Å². The second kappa shape index (κ2) is 9.13. The molecule has 7 nitrogen and oxygen atoms in total. The summed E-state index contributed by atoms with van der Waals surface area (Å²) >= 11 is 1.31. The van der Waals surface area contributed by atoms with Crippen LogP contribution in [0.25, 0.3) is 10.2 Å². The number of hydrogen-bond donors (Lipinski definition) is 2. The second-order valence-corrected chi connectivity index (χ2v) is 7.64. The maximum Gasteiger partial charge on any atom is 0.274 e. The van der Waals surface area contributed by atoms with Crippen molar-refractivity contribution in [1.82, 2.24) is 19.9 Å². The number of amides is 1. The standard InChI is InChI=1S/C18H19FN6OS.C2H6/c1-10(11-6-12(19)9-21-8-11)22-18-23-13-7-14(20)27-16(13)15(24-18)17(26)25-4-2-3-5-25;1-2/h6-10H,2-5,20H2,1H3,(H,22,23,24);1-2H3. The van der Waals surface area contributed by atoms with E-state index in [0.29, 0.717) is 32.4 Å². The molecule has 3 aromatic heterocycles. The number of halogens is 1. The van der Waals surface area contributed by atoms with Gasteiger partial charge in [0.1, 0.15) is 5.82 Å². The smallest absolute Gasteiger partial charge is 0.274 e. The SMILES string of the molecule is CC.CC(Nc1nc(C(=O)N2CCCC2)c2sc(N)cc2n1)c1cncc(F)c1. The predicted octanol–water partition coefficient (Wildman–Crippen LogP) is 4.24. The molecule has 1 aliphatic heterocycles. The minimum atomic E-state index is -0.409. The molecule has 0 spiro atoms. The molecule has 0 aromatic carbocycles. The normalized spacial score (nSPS) is 14.4. The molecule has 4 rings (SSSR count). The number of pyridine rings is 1. The lowest BCUT2D eigenvalue weighted by atomic mass is 10.1. The molecule has 29 heavy (non-hydrogen) atoms. The minimum Gasteiger partial charge on any atom is -0.391 e. The summed E-state index contributed by atoms with van der Waals surface area (Å²) in [4.78, 5) is 27.6. The van der Waals surface area contributed by atoms with E-state index in [1.54, 1.807) is 17.2 Å². The third kappa shape index (κ3) is 4.61. The third-order valence-corrected chi connectivity index (χ3v) is 5.52. The topological polar surface area (TPSA) is 97.0 Å². The Balaban J connectivity index is 0.00000117. The van der Waals surface area contributed by atoms with Crippen LogP contribution < -0.4 is 11.1 Å². The van der Waals surface area contributed by atoms with E-state index in [-0.39, 0.29) is 11.9 Å². The van der Waals surface area contributed by atoms with Crippen LogP contribution in [0.2, 0.25) is 0 Å². The first-order chi connectivity index (χ1) is 14.0. The van der Waals surface area contributed by atoms with E-state index in [9.17, 15) is 9.18 Å². The molecular formula is C20H25FN6OS. The van der Waals surface area contributed by atoms with Crippen molar-refractivity contribution in [1.29, 1.82) is 0 Å². The Morgan fingerprint density at radius 2 is 1.97 bits per heavy atom. The van der Waals surface area contributed by atoms with Crippen LogP contribution in [0.5, 0.6) is 0 Å². The van der Waals surface area contributed by atoms with Gasteiger partial charge in [-0.3, -0.25) is 9.78 Å². The number of hydrogen-bond acceptors (Lipinski definition) is 7. The van der Waals surface area contributed by atoms with Crippen molar-refractivity contribution in [2.75, 3.05) is 24.1 Å². The molecular weight excluding hydrogens is 391 g/mol. The molecule has 0 bridgehead atoms. The van der Waals surface area contributed by atoms with Crippen LogP contribution >= 0.6 is 11.3 Å². The molecule has 154 valence electrons. The molecule has 3 N–H and O–H groups in total. The van der Waals surface area contributed by atoms with Crippen LogP contribution in [0, 0.1) is 5.82 Å². The number of likely N-dealkylation sites (tertiary alicyclic amines) is 1. The fourth-order valence-electron chi connectivity index (χ4n) is 3.17. The Kier molecular flexibility index (Phi) is 6.58. The van der Waals surface area contributed by atoms with Crippen molar-refractivity contribution in [3.05, 3.63) is 41.6 Å². The van der Waals surface area contributed by atoms with Crippen molar-refractivity contribution in [2.45, 2.75) is 39.7 Å². The Bertz CT molecular complexity index is 1000. The van der Waals surface area contributed by atoms with Gasteiger partial charge in [0.25, 0.3) is 5.91 Å². The highest BCUT2D eigenvalue weighted by atomic mass is 32.1. The van der Waals surface area contributed by atoms with Gasteiger partial charge in [-0.05, 0) is 37.5 Å². The van der Waals surface area contributed by atoms with E-state index in [1.807, 2.05) is 20.8 Å². The third-order valence-electron chi connectivity index (χ3n) is 4.56. The number of nitrogen functional groups attached to an aromatic ring is 1. The van der Waals surface area contributed by atoms with Gasteiger partial charge in [0.2, 0.25) is 5.95 Å². The van der Waals surface area contributed by atoms with E-state index < -0.39 is 5.82 Å². The van der Waals surface area contributed by atoms with Crippen LogP contribution in [0.1, 0.15) is 55.7 Å². The monoisotopic (exact) mass is 416 g/mol. The van der Waals surface area contributed by atoms with Gasteiger partial charge in [-0.25, -0.2) is 14.4 Å².